The molecule has 0 spiro atoms. The van der Waals surface area contributed by atoms with Gasteiger partial charge in [-0.2, -0.15) is 0 Å². The summed E-state index contributed by atoms with van der Waals surface area (Å²) in [4.78, 5) is 20.9. The summed E-state index contributed by atoms with van der Waals surface area (Å²) in [6, 6.07) is 57.1. The van der Waals surface area contributed by atoms with Crippen molar-refractivity contribution in [3.05, 3.63) is 164 Å². The van der Waals surface area contributed by atoms with E-state index in [4.69, 9.17) is 19.9 Å². The van der Waals surface area contributed by atoms with Gasteiger partial charge in [0.1, 0.15) is 5.82 Å². The Labute approximate surface area is 312 Å². The van der Waals surface area contributed by atoms with Crippen molar-refractivity contribution in [1.82, 2.24) is 24.5 Å². The predicted molar refractivity (Wildman–Crippen MR) is 222 cm³/mol. The molecule has 4 aromatic heterocycles. The van der Waals surface area contributed by atoms with Gasteiger partial charge in [0.15, 0.2) is 17.5 Å². The first-order chi connectivity index (χ1) is 26.3. The van der Waals surface area contributed by atoms with Crippen LogP contribution < -0.4 is 0 Å². The molecule has 5 nitrogen and oxygen atoms in total. The summed E-state index contributed by atoms with van der Waals surface area (Å²) in [5, 5.41) is 4.67. The number of fused-ring (bicyclic) bond motifs is 7. The number of rotatable bonds is 5. The van der Waals surface area contributed by atoms with Crippen LogP contribution in [0.2, 0.25) is 0 Å². The number of hydrogen-bond donors (Lipinski definition) is 0. The fourth-order valence-electron chi connectivity index (χ4n) is 7.55. The highest BCUT2D eigenvalue weighted by atomic mass is 32.1. The Kier molecular flexibility index (Phi) is 6.83. The SMILES string of the molecule is c1ccc(-c2nc(-c3cccc4sc5ccccc5c34)nc(-c3cccc4sc5c(-c6nc7ccccc7n6-c6ccccc6)cccc5c34)n2)cc1. The third-order valence-corrected chi connectivity index (χ3v) is 12.2. The van der Waals surface area contributed by atoms with Crippen LogP contribution in [0.15, 0.2) is 164 Å². The molecule has 248 valence electrons. The summed E-state index contributed by atoms with van der Waals surface area (Å²) in [5.41, 5.74) is 7.14. The largest absolute Gasteiger partial charge is 0.292 e. The van der Waals surface area contributed by atoms with E-state index in [-0.39, 0.29) is 0 Å². The van der Waals surface area contributed by atoms with Crippen LogP contribution in [0.3, 0.4) is 0 Å². The van der Waals surface area contributed by atoms with Gasteiger partial charge in [0.25, 0.3) is 0 Å². The molecule has 7 aromatic carbocycles. The normalized spacial score (nSPS) is 11.8. The van der Waals surface area contributed by atoms with Crippen molar-refractivity contribution in [2.45, 2.75) is 0 Å². The zero-order valence-electron chi connectivity index (χ0n) is 28.1. The van der Waals surface area contributed by atoms with Gasteiger partial charge in [-0.1, -0.05) is 115 Å². The zero-order chi connectivity index (χ0) is 34.9. The summed E-state index contributed by atoms with van der Waals surface area (Å²) < 4.78 is 7.08. The Hall–Kier alpha value is -6.54. The van der Waals surface area contributed by atoms with E-state index in [1.54, 1.807) is 22.7 Å². The first kappa shape index (κ1) is 30.1. The maximum atomic E-state index is 5.31. The highest BCUT2D eigenvalue weighted by Gasteiger charge is 2.22. The standard InChI is InChI=1S/C46H27N5S2/c1-3-14-28(15-4-1)43-48-44(32-20-12-26-38-40(32)30-18-7-10-25-37(30)52-38)50-45(49-43)33-21-13-27-39-41(33)31-19-11-22-34(42(31)53-39)46-47-35-23-8-9-24-36(35)51(46)29-16-5-2-6-17-29/h1-27H. The number of aromatic nitrogens is 5. The highest BCUT2D eigenvalue weighted by molar-refractivity contribution is 7.26. The van der Waals surface area contributed by atoms with Gasteiger partial charge in [0.05, 0.1) is 11.0 Å². The van der Waals surface area contributed by atoms with Crippen LogP contribution in [0, 0.1) is 0 Å². The van der Waals surface area contributed by atoms with Gasteiger partial charge < -0.3 is 0 Å². The molecule has 53 heavy (non-hydrogen) atoms. The molecule has 0 aliphatic carbocycles. The maximum absolute atomic E-state index is 5.31. The van der Waals surface area contributed by atoms with Gasteiger partial charge in [0, 0.05) is 68.3 Å². The lowest BCUT2D eigenvalue weighted by molar-refractivity contribution is 1.08. The molecule has 7 heteroatoms. The Balaban J connectivity index is 1.17. The summed E-state index contributed by atoms with van der Waals surface area (Å²) in [7, 11) is 0. The second kappa shape index (κ2) is 12.0. The molecule has 11 rings (SSSR count). The quantitative estimate of drug-likeness (QED) is 0.178. The van der Waals surface area contributed by atoms with Crippen LogP contribution in [0.25, 0.3) is 103 Å². The summed E-state index contributed by atoms with van der Waals surface area (Å²) in [6.45, 7) is 0. The molecular formula is C46H27N5S2. The van der Waals surface area contributed by atoms with Crippen LogP contribution in [0.1, 0.15) is 0 Å². The van der Waals surface area contributed by atoms with Crippen molar-refractivity contribution in [3.8, 4) is 51.2 Å². The lowest BCUT2D eigenvalue weighted by Crippen LogP contribution is -2.00. The van der Waals surface area contributed by atoms with Gasteiger partial charge in [-0.3, -0.25) is 4.57 Å². The second-order valence-corrected chi connectivity index (χ2v) is 15.1. The smallest absolute Gasteiger partial charge is 0.164 e. The molecule has 0 fully saturated rings. The van der Waals surface area contributed by atoms with Crippen molar-refractivity contribution < 1.29 is 0 Å². The van der Waals surface area contributed by atoms with Crippen LogP contribution >= 0.6 is 22.7 Å². The third-order valence-electron chi connectivity index (χ3n) is 9.89. The minimum absolute atomic E-state index is 0.649. The average Bonchev–Trinajstić information content (AvgIpc) is 3.93. The molecule has 11 aromatic rings. The Bertz CT molecular complexity index is 3180. The average molecular weight is 714 g/mol. The van der Waals surface area contributed by atoms with E-state index in [0.29, 0.717) is 17.5 Å². The molecule has 0 radical (unpaired) electrons. The molecule has 0 aliphatic heterocycles. The second-order valence-electron chi connectivity index (χ2n) is 13.0. The molecule has 0 unspecified atom stereocenters. The molecule has 0 atom stereocenters. The van der Waals surface area contributed by atoms with Crippen molar-refractivity contribution >= 4 is 74.1 Å². The molecule has 0 bridgehead atoms. The Morgan fingerprint density at radius 3 is 1.75 bits per heavy atom. The van der Waals surface area contributed by atoms with E-state index >= 15 is 0 Å². The topological polar surface area (TPSA) is 56.5 Å². The van der Waals surface area contributed by atoms with Crippen molar-refractivity contribution in [3.63, 3.8) is 0 Å². The van der Waals surface area contributed by atoms with Gasteiger partial charge in [-0.05, 0) is 48.5 Å². The summed E-state index contributed by atoms with van der Waals surface area (Å²) >= 11 is 3.59. The summed E-state index contributed by atoms with van der Waals surface area (Å²) in [6.07, 6.45) is 0. The number of hydrogen-bond acceptors (Lipinski definition) is 6. The Morgan fingerprint density at radius 1 is 0.396 bits per heavy atom. The van der Waals surface area contributed by atoms with Crippen LogP contribution in [0.5, 0.6) is 0 Å². The van der Waals surface area contributed by atoms with E-state index in [1.807, 2.05) is 18.2 Å². The molecule has 0 N–H and O–H groups in total. The predicted octanol–water partition coefficient (Wildman–Crippen LogP) is 12.6. The number of imidazole rings is 1. The maximum Gasteiger partial charge on any atom is 0.164 e. The van der Waals surface area contributed by atoms with Gasteiger partial charge >= 0.3 is 0 Å². The minimum Gasteiger partial charge on any atom is -0.292 e. The number of benzene rings is 7. The fourth-order valence-corrected chi connectivity index (χ4v) is 9.92. The molecule has 0 amide bonds. The molecule has 0 saturated carbocycles. The van der Waals surface area contributed by atoms with Gasteiger partial charge in [-0.15, -0.1) is 22.7 Å². The van der Waals surface area contributed by atoms with Crippen molar-refractivity contribution in [2.75, 3.05) is 0 Å². The third kappa shape index (κ3) is 4.82. The molecule has 0 saturated heterocycles. The lowest BCUT2D eigenvalue weighted by atomic mass is 10.0. The fraction of sp³-hybridized carbons (Fsp3) is 0. The van der Waals surface area contributed by atoms with Gasteiger partial charge in [-0.25, -0.2) is 19.9 Å². The highest BCUT2D eigenvalue weighted by Crippen LogP contribution is 2.45. The lowest BCUT2D eigenvalue weighted by Gasteiger charge is -2.11. The molecule has 4 heterocycles. The molecular weight excluding hydrogens is 687 g/mol. The number of nitrogens with zero attached hydrogens (tertiary/aromatic N) is 5. The first-order valence-electron chi connectivity index (χ1n) is 17.5. The number of thiophene rings is 2. The summed E-state index contributed by atoms with van der Waals surface area (Å²) in [5.74, 6) is 2.88. The van der Waals surface area contributed by atoms with E-state index < -0.39 is 0 Å². The van der Waals surface area contributed by atoms with E-state index in [1.165, 1.54) is 29.6 Å². The van der Waals surface area contributed by atoms with Gasteiger partial charge in [0.2, 0.25) is 0 Å². The monoisotopic (exact) mass is 713 g/mol. The zero-order valence-corrected chi connectivity index (χ0v) is 29.8. The Morgan fingerprint density at radius 2 is 0.962 bits per heavy atom. The van der Waals surface area contributed by atoms with E-state index in [9.17, 15) is 0 Å². The first-order valence-corrected chi connectivity index (χ1v) is 19.1. The molecule has 0 aliphatic rings. The van der Waals surface area contributed by atoms with Crippen molar-refractivity contribution in [1.29, 1.82) is 0 Å². The van der Waals surface area contributed by atoms with Crippen LogP contribution in [-0.4, -0.2) is 24.5 Å². The van der Waals surface area contributed by atoms with E-state index in [0.717, 1.165) is 55.6 Å². The number of para-hydroxylation sites is 3. The minimum atomic E-state index is 0.649. The van der Waals surface area contributed by atoms with E-state index in [2.05, 4.69) is 150 Å². The van der Waals surface area contributed by atoms with Crippen molar-refractivity contribution in [2.24, 2.45) is 0 Å². The van der Waals surface area contributed by atoms with Crippen LogP contribution in [-0.2, 0) is 0 Å². The van der Waals surface area contributed by atoms with Crippen LogP contribution in [0.4, 0.5) is 0 Å².